The maximum absolute atomic E-state index is 5.89. The number of rotatable bonds is 5. The maximum atomic E-state index is 5.89. The fourth-order valence-corrected chi connectivity index (χ4v) is 3.43. The molecule has 0 amide bonds. The second-order valence-corrected chi connectivity index (χ2v) is 6.87. The molecular weight excluding hydrogens is 290 g/mol. The summed E-state index contributed by atoms with van der Waals surface area (Å²) in [4.78, 5) is 13.3. The Balaban J connectivity index is 1.52. The lowest BCUT2D eigenvalue weighted by Gasteiger charge is -2.36. The average Bonchev–Trinajstić information content (AvgIpc) is 2.56. The Kier molecular flexibility index (Phi) is 5.67. The summed E-state index contributed by atoms with van der Waals surface area (Å²) in [6.45, 7) is 4.27. The van der Waals surface area contributed by atoms with Crippen LogP contribution in [-0.4, -0.2) is 67.4 Å². The fraction of sp³-hybridized carbons (Fsp3) is 0.765. The van der Waals surface area contributed by atoms with Gasteiger partial charge in [0, 0.05) is 46.0 Å². The first-order chi connectivity index (χ1) is 11.2. The lowest BCUT2D eigenvalue weighted by atomic mass is 10.0. The monoisotopic (exact) mass is 319 g/mol. The van der Waals surface area contributed by atoms with E-state index in [9.17, 15) is 0 Å². The SMILES string of the molecule is CN(C)c1nccc(NC2CCCN(CC3CCCCO3)C2)n1. The number of likely N-dealkylation sites (tertiary alicyclic amines) is 1. The summed E-state index contributed by atoms with van der Waals surface area (Å²) < 4.78 is 5.89. The first-order valence-corrected chi connectivity index (χ1v) is 8.81. The van der Waals surface area contributed by atoms with Crippen LogP contribution in [0.5, 0.6) is 0 Å². The highest BCUT2D eigenvalue weighted by Gasteiger charge is 2.24. The minimum absolute atomic E-state index is 0.432. The maximum Gasteiger partial charge on any atom is 0.226 e. The summed E-state index contributed by atoms with van der Waals surface area (Å²) in [5, 5.41) is 3.58. The van der Waals surface area contributed by atoms with Crippen molar-refractivity contribution in [3.8, 4) is 0 Å². The Morgan fingerprint density at radius 2 is 2.22 bits per heavy atom. The van der Waals surface area contributed by atoms with E-state index in [1.807, 2.05) is 31.3 Å². The second kappa shape index (κ2) is 7.93. The van der Waals surface area contributed by atoms with Gasteiger partial charge in [0.15, 0.2) is 0 Å². The van der Waals surface area contributed by atoms with Gasteiger partial charge in [0.1, 0.15) is 5.82 Å². The number of ether oxygens (including phenoxy) is 1. The highest BCUT2D eigenvalue weighted by atomic mass is 16.5. The van der Waals surface area contributed by atoms with E-state index in [0.29, 0.717) is 12.1 Å². The zero-order valence-corrected chi connectivity index (χ0v) is 14.4. The first-order valence-electron chi connectivity index (χ1n) is 8.81. The Morgan fingerprint density at radius 1 is 1.30 bits per heavy atom. The number of aromatic nitrogens is 2. The molecule has 2 unspecified atom stereocenters. The van der Waals surface area contributed by atoms with Crippen LogP contribution in [0, 0.1) is 0 Å². The molecule has 3 heterocycles. The molecule has 3 rings (SSSR count). The molecule has 2 aliphatic rings. The van der Waals surface area contributed by atoms with Gasteiger partial charge in [-0.3, -0.25) is 4.90 Å². The van der Waals surface area contributed by atoms with Crippen LogP contribution in [0.2, 0.25) is 0 Å². The van der Waals surface area contributed by atoms with Gasteiger partial charge in [-0.15, -0.1) is 0 Å². The number of hydrogen-bond acceptors (Lipinski definition) is 6. The Labute approximate surface area is 139 Å². The molecule has 2 saturated heterocycles. The molecule has 2 fully saturated rings. The van der Waals surface area contributed by atoms with Gasteiger partial charge in [-0.2, -0.15) is 4.98 Å². The Bertz CT molecular complexity index is 490. The summed E-state index contributed by atoms with van der Waals surface area (Å²) >= 11 is 0. The number of piperidine rings is 1. The minimum Gasteiger partial charge on any atom is -0.377 e. The molecule has 6 nitrogen and oxygen atoms in total. The number of hydrogen-bond donors (Lipinski definition) is 1. The van der Waals surface area contributed by atoms with Crippen molar-refractivity contribution >= 4 is 11.8 Å². The quantitative estimate of drug-likeness (QED) is 0.896. The molecule has 1 N–H and O–H groups in total. The Morgan fingerprint density at radius 3 is 3.00 bits per heavy atom. The smallest absolute Gasteiger partial charge is 0.226 e. The van der Waals surface area contributed by atoms with Crippen molar-refractivity contribution in [1.82, 2.24) is 14.9 Å². The summed E-state index contributed by atoms with van der Waals surface area (Å²) in [5.74, 6) is 1.67. The molecule has 23 heavy (non-hydrogen) atoms. The zero-order chi connectivity index (χ0) is 16.1. The van der Waals surface area contributed by atoms with E-state index < -0.39 is 0 Å². The predicted molar refractivity (Wildman–Crippen MR) is 93.0 cm³/mol. The van der Waals surface area contributed by atoms with Gasteiger partial charge in [0.2, 0.25) is 5.95 Å². The van der Waals surface area contributed by atoms with E-state index in [0.717, 1.165) is 31.5 Å². The van der Waals surface area contributed by atoms with Crippen LogP contribution >= 0.6 is 0 Å². The van der Waals surface area contributed by atoms with Crippen LogP contribution in [-0.2, 0) is 4.74 Å². The average molecular weight is 319 g/mol. The zero-order valence-electron chi connectivity index (χ0n) is 14.4. The number of nitrogens with one attached hydrogen (secondary N) is 1. The minimum atomic E-state index is 0.432. The number of nitrogens with zero attached hydrogens (tertiary/aromatic N) is 4. The van der Waals surface area contributed by atoms with Gasteiger partial charge in [-0.05, 0) is 44.7 Å². The van der Waals surface area contributed by atoms with Crippen molar-refractivity contribution in [2.75, 3.05) is 50.6 Å². The molecular formula is C17H29N5O. The van der Waals surface area contributed by atoms with E-state index in [1.165, 1.54) is 38.6 Å². The van der Waals surface area contributed by atoms with Crippen LogP contribution in [0.15, 0.2) is 12.3 Å². The van der Waals surface area contributed by atoms with Gasteiger partial charge in [0.25, 0.3) is 0 Å². The van der Waals surface area contributed by atoms with Crippen molar-refractivity contribution in [3.63, 3.8) is 0 Å². The molecule has 0 aromatic carbocycles. The lowest BCUT2D eigenvalue weighted by molar-refractivity contribution is -0.00931. The first kappa shape index (κ1) is 16.5. The van der Waals surface area contributed by atoms with Crippen LogP contribution < -0.4 is 10.2 Å². The summed E-state index contributed by atoms with van der Waals surface area (Å²) in [6, 6.07) is 2.41. The molecule has 6 heteroatoms. The van der Waals surface area contributed by atoms with Crippen LogP contribution in [0.3, 0.4) is 0 Å². The van der Waals surface area contributed by atoms with Crippen molar-refractivity contribution in [3.05, 3.63) is 12.3 Å². The van der Waals surface area contributed by atoms with E-state index in [1.54, 1.807) is 0 Å². The van der Waals surface area contributed by atoms with Gasteiger partial charge in [0.05, 0.1) is 6.10 Å². The molecule has 2 aliphatic heterocycles. The van der Waals surface area contributed by atoms with Gasteiger partial charge >= 0.3 is 0 Å². The van der Waals surface area contributed by atoms with Crippen LogP contribution in [0.4, 0.5) is 11.8 Å². The normalized spacial score (nSPS) is 26.0. The topological polar surface area (TPSA) is 53.5 Å². The third-order valence-corrected chi connectivity index (χ3v) is 4.64. The fourth-order valence-electron chi connectivity index (χ4n) is 3.43. The summed E-state index contributed by atoms with van der Waals surface area (Å²) in [6.07, 6.45) is 8.44. The van der Waals surface area contributed by atoms with E-state index in [2.05, 4.69) is 20.2 Å². The van der Waals surface area contributed by atoms with Crippen molar-refractivity contribution in [1.29, 1.82) is 0 Å². The standard InChI is InChI=1S/C17H29N5O/c1-21(2)17-18-9-8-16(20-17)19-14-6-5-10-22(12-14)13-15-7-3-4-11-23-15/h8-9,14-15H,3-7,10-13H2,1-2H3,(H,18,19,20). The molecule has 0 radical (unpaired) electrons. The van der Waals surface area contributed by atoms with Crippen molar-refractivity contribution in [2.45, 2.75) is 44.2 Å². The molecule has 0 saturated carbocycles. The van der Waals surface area contributed by atoms with E-state index >= 15 is 0 Å². The van der Waals surface area contributed by atoms with Gasteiger partial charge in [-0.25, -0.2) is 4.98 Å². The van der Waals surface area contributed by atoms with E-state index in [4.69, 9.17) is 4.74 Å². The third kappa shape index (κ3) is 4.78. The van der Waals surface area contributed by atoms with E-state index in [-0.39, 0.29) is 0 Å². The predicted octanol–water partition coefficient (Wildman–Crippen LogP) is 1.99. The highest BCUT2D eigenvalue weighted by molar-refractivity contribution is 5.41. The van der Waals surface area contributed by atoms with Crippen LogP contribution in [0.25, 0.3) is 0 Å². The second-order valence-electron chi connectivity index (χ2n) is 6.87. The molecule has 2 atom stereocenters. The molecule has 1 aromatic rings. The molecule has 128 valence electrons. The molecule has 0 spiro atoms. The van der Waals surface area contributed by atoms with Gasteiger partial charge < -0.3 is 15.0 Å². The summed E-state index contributed by atoms with van der Waals surface area (Å²) in [5.41, 5.74) is 0. The number of anilines is 2. The Hall–Kier alpha value is -1.40. The molecule has 0 bridgehead atoms. The van der Waals surface area contributed by atoms with Crippen molar-refractivity contribution < 1.29 is 4.74 Å². The van der Waals surface area contributed by atoms with Gasteiger partial charge in [-0.1, -0.05) is 0 Å². The third-order valence-electron chi connectivity index (χ3n) is 4.64. The molecule has 0 aliphatic carbocycles. The van der Waals surface area contributed by atoms with Crippen molar-refractivity contribution in [2.24, 2.45) is 0 Å². The summed E-state index contributed by atoms with van der Waals surface area (Å²) in [7, 11) is 3.93. The lowest BCUT2D eigenvalue weighted by Crippen LogP contribution is -2.46. The molecule has 1 aromatic heterocycles. The largest absolute Gasteiger partial charge is 0.377 e. The van der Waals surface area contributed by atoms with Crippen LogP contribution in [0.1, 0.15) is 32.1 Å². The highest BCUT2D eigenvalue weighted by Crippen LogP contribution is 2.19.